The predicted octanol–water partition coefficient (Wildman–Crippen LogP) is 3.86. The second-order valence-corrected chi connectivity index (χ2v) is 5.74. The lowest BCUT2D eigenvalue weighted by atomic mass is 9.92. The maximum Gasteiger partial charge on any atom is 0.0130 e. The summed E-state index contributed by atoms with van der Waals surface area (Å²) in [5.74, 6) is 0.745. The summed E-state index contributed by atoms with van der Waals surface area (Å²) in [6.07, 6.45) is 3.70. The average Bonchev–Trinajstić information content (AvgIpc) is 2.28. The Morgan fingerprint density at radius 3 is 2.38 bits per heavy atom. The van der Waals surface area contributed by atoms with Crippen LogP contribution in [0.25, 0.3) is 0 Å². The molecule has 1 aromatic carbocycles. The van der Waals surface area contributed by atoms with E-state index in [-0.39, 0.29) is 0 Å². The van der Waals surface area contributed by atoms with E-state index in [2.05, 4.69) is 73.1 Å². The quantitative estimate of drug-likeness (QED) is 0.781. The van der Waals surface area contributed by atoms with Crippen LogP contribution < -0.4 is 5.32 Å². The van der Waals surface area contributed by atoms with E-state index in [1.165, 1.54) is 22.0 Å². The third-order valence-corrected chi connectivity index (χ3v) is 3.89. The molecule has 16 heavy (non-hydrogen) atoms. The number of nitrogens with one attached hydrogen (secondary N) is 1. The molecule has 2 unspecified atom stereocenters. The topological polar surface area (TPSA) is 12.0 Å². The van der Waals surface area contributed by atoms with E-state index in [0.29, 0.717) is 6.04 Å². The Balaban J connectivity index is 2.59. The van der Waals surface area contributed by atoms with E-state index >= 15 is 0 Å². The Hall–Kier alpha value is -0.0900. The van der Waals surface area contributed by atoms with Gasteiger partial charge < -0.3 is 5.32 Å². The van der Waals surface area contributed by atoms with Gasteiger partial charge in [-0.15, -0.1) is 0 Å². The molecule has 90 valence electrons. The predicted molar refractivity (Wildman–Crippen MR) is 79.8 cm³/mol. The van der Waals surface area contributed by atoms with Crippen molar-refractivity contribution in [1.82, 2.24) is 5.32 Å². The first-order chi connectivity index (χ1) is 7.67. The van der Waals surface area contributed by atoms with Crippen LogP contribution in [0, 0.1) is 9.49 Å². The van der Waals surface area contributed by atoms with Crippen LogP contribution in [0.2, 0.25) is 0 Å². The van der Waals surface area contributed by atoms with Gasteiger partial charge in [0.15, 0.2) is 0 Å². The lowest BCUT2D eigenvalue weighted by Gasteiger charge is -2.23. The molecule has 1 nitrogen and oxygen atoms in total. The molecule has 0 amide bonds. The monoisotopic (exact) mass is 331 g/mol. The van der Waals surface area contributed by atoms with Crippen LogP contribution in [0.15, 0.2) is 24.3 Å². The van der Waals surface area contributed by atoms with Gasteiger partial charge in [0, 0.05) is 9.61 Å². The molecule has 0 heterocycles. The summed E-state index contributed by atoms with van der Waals surface area (Å²) < 4.78 is 1.31. The number of benzene rings is 1. The van der Waals surface area contributed by atoms with E-state index < -0.39 is 0 Å². The Morgan fingerprint density at radius 2 is 1.88 bits per heavy atom. The largest absolute Gasteiger partial charge is 0.316 e. The second-order valence-electron chi connectivity index (χ2n) is 4.49. The molecule has 0 aliphatic carbocycles. The minimum atomic E-state index is 0.597. The Bertz CT molecular complexity index is 294. The van der Waals surface area contributed by atoms with Crippen LogP contribution in [0.3, 0.4) is 0 Å². The molecule has 0 aliphatic rings. The Labute approximate surface area is 113 Å². The maximum atomic E-state index is 3.45. The van der Waals surface area contributed by atoms with Gasteiger partial charge in [0.25, 0.3) is 0 Å². The summed E-state index contributed by atoms with van der Waals surface area (Å²) in [7, 11) is 2.07. The lowest BCUT2D eigenvalue weighted by Crippen LogP contribution is -2.34. The van der Waals surface area contributed by atoms with Gasteiger partial charge >= 0.3 is 0 Å². The minimum Gasteiger partial charge on any atom is -0.316 e. The first kappa shape index (κ1) is 14.0. The van der Waals surface area contributed by atoms with Gasteiger partial charge in [-0.25, -0.2) is 0 Å². The van der Waals surface area contributed by atoms with Crippen molar-refractivity contribution >= 4 is 22.6 Å². The molecule has 2 heteroatoms. The van der Waals surface area contributed by atoms with Gasteiger partial charge in [-0.1, -0.05) is 32.4 Å². The van der Waals surface area contributed by atoms with Crippen LogP contribution in [-0.2, 0) is 6.42 Å². The minimum absolute atomic E-state index is 0.597. The fourth-order valence-corrected chi connectivity index (χ4v) is 2.48. The number of rotatable bonds is 6. The van der Waals surface area contributed by atoms with Crippen molar-refractivity contribution in [3.05, 3.63) is 33.4 Å². The molecule has 0 fully saturated rings. The highest BCUT2D eigenvalue weighted by molar-refractivity contribution is 14.1. The van der Waals surface area contributed by atoms with Crippen LogP contribution in [0.1, 0.15) is 32.3 Å². The van der Waals surface area contributed by atoms with Crippen LogP contribution in [-0.4, -0.2) is 13.1 Å². The molecule has 2 atom stereocenters. The van der Waals surface area contributed by atoms with Crippen LogP contribution in [0.4, 0.5) is 0 Å². The summed E-state index contributed by atoms with van der Waals surface area (Å²) in [6, 6.07) is 9.45. The normalized spacial score (nSPS) is 14.8. The molecule has 0 aromatic heterocycles. The number of halogens is 1. The number of hydrogen-bond donors (Lipinski definition) is 1. The third-order valence-electron chi connectivity index (χ3n) is 3.17. The standard InChI is InChI=1S/C14H22IN/c1-4-5-11(2)14(16-3)10-12-6-8-13(15)9-7-12/h6-9,11,14,16H,4-5,10H2,1-3H3. The summed E-state index contributed by atoms with van der Waals surface area (Å²) in [4.78, 5) is 0. The first-order valence-corrected chi connectivity index (χ1v) is 7.17. The highest BCUT2D eigenvalue weighted by Crippen LogP contribution is 2.16. The van der Waals surface area contributed by atoms with Crippen molar-refractivity contribution in [1.29, 1.82) is 0 Å². The first-order valence-electron chi connectivity index (χ1n) is 6.09. The van der Waals surface area contributed by atoms with Crippen molar-refractivity contribution in [3.63, 3.8) is 0 Å². The highest BCUT2D eigenvalue weighted by Gasteiger charge is 2.14. The van der Waals surface area contributed by atoms with Crippen molar-refractivity contribution in [3.8, 4) is 0 Å². The van der Waals surface area contributed by atoms with Crippen molar-refractivity contribution in [2.45, 2.75) is 39.2 Å². The molecule has 0 radical (unpaired) electrons. The molecular formula is C14H22IN. The summed E-state index contributed by atoms with van der Waals surface area (Å²) in [5.41, 5.74) is 1.43. The third kappa shape index (κ3) is 4.42. The van der Waals surface area contributed by atoms with Crippen LogP contribution >= 0.6 is 22.6 Å². The van der Waals surface area contributed by atoms with Crippen molar-refractivity contribution in [2.24, 2.45) is 5.92 Å². The number of likely N-dealkylation sites (N-methyl/N-ethyl adjacent to an activating group) is 1. The fraction of sp³-hybridized carbons (Fsp3) is 0.571. The smallest absolute Gasteiger partial charge is 0.0130 e. The van der Waals surface area contributed by atoms with Crippen molar-refractivity contribution < 1.29 is 0 Å². The summed E-state index contributed by atoms with van der Waals surface area (Å²) in [5, 5.41) is 3.45. The molecule has 0 saturated carbocycles. The maximum absolute atomic E-state index is 3.45. The zero-order chi connectivity index (χ0) is 12.0. The van der Waals surface area contributed by atoms with Gasteiger partial charge in [0.2, 0.25) is 0 Å². The molecule has 0 spiro atoms. The Morgan fingerprint density at radius 1 is 1.25 bits per heavy atom. The van der Waals surface area contributed by atoms with E-state index in [4.69, 9.17) is 0 Å². The Kier molecular flexibility index (Phi) is 6.36. The second kappa shape index (κ2) is 7.28. The van der Waals surface area contributed by atoms with Gasteiger partial charge in [-0.05, 0) is 66.1 Å². The van der Waals surface area contributed by atoms with Gasteiger partial charge in [0.05, 0.1) is 0 Å². The fourth-order valence-electron chi connectivity index (χ4n) is 2.12. The molecule has 1 rings (SSSR count). The van der Waals surface area contributed by atoms with E-state index in [1.54, 1.807) is 0 Å². The van der Waals surface area contributed by atoms with E-state index in [1.807, 2.05) is 0 Å². The van der Waals surface area contributed by atoms with Crippen molar-refractivity contribution in [2.75, 3.05) is 7.05 Å². The SMILES string of the molecule is CCCC(C)C(Cc1ccc(I)cc1)NC. The zero-order valence-electron chi connectivity index (χ0n) is 10.5. The van der Waals surface area contributed by atoms with Gasteiger partial charge in [0.1, 0.15) is 0 Å². The lowest BCUT2D eigenvalue weighted by molar-refractivity contribution is 0.371. The van der Waals surface area contributed by atoms with Gasteiger partial charge in [-0.2, -0.15) is 0 Å². The number of hydrogen-bond acceptors (Lipinski definition) is 1. The molecule has 0 saturated heterocycles. The van der Waals surface area contributed by atoms with E-state index in [9.17, 15) is 0 Å². The summed E-state index contributed by atoms with van der Waals surface area (Å²) >= 11 is 2.35. The summed E-state index contributed by atoms with van der Waals surface area (Å²) in [6.45, 7) is 4.60. The molecule has 1 N–H and O–H groups in total. The molecular weight excluding hydrogens is 309 g/mol. The van der Waals surface area contributed by atoms with Gasteiger partial charge in [-0.3, -0.25) is 0 Å². The highest BCUT2D eigenvalue weighted by atomic mass is 127. The molecule has 0 aliphatic heterocycles. The average molecular weight is 331 g/mol. The molecule has 0 bridgehead atoms. The zero-order valence-corrected chi connectivity index (χ0v) is 12.6. The van der Waals surface area contributed by atoms with E-state index in [0.717, 1.165) is 12.3 Å². The van der Waals surface area contributed by atoms with Crippen LogP contribution in [0.5, 0.6) is 0 Å². The molecule has 1 aromatic rings.